The molecule has 5 heteroatoms. The van der Waals surface area contributed by atoms with Crippen molar-refractivity contribution in [2.45, 2.75) is 19.4 Å². The van der Waals surface area contributed by atoms with Crippen LogP contribution in [0.4, 0.5) is 0 Å². The summed E-state index contributed by atoms with van der Waals surface area (Å²) in [4.78, 5) is 12.0. The van der Waals surface area contributed by atoms with Gasteiger partial charge in [0.1, 0.15) is 0 Å². The van der Waals surface area contributed by atoms with E-state index in [9.17, 15) is 4.79 Å². The lowest BCUT2D eigenvalue weighted by molar-refractivity contribution is 0.0939. The zero-order valence-electron chi connectivity index (χ0n) is 9.63. The number of rotatable bonds is 2. The van der Waals surface area contributed by atoms with Crippen molar-refractivity contribution in [2.24, 2.45) is 0 Å². The van der Waals surface area contributed by atoms with E-state index in [4.69, 9.17) is 11.6 Å². The maximum Gasteiger partial charge on any atom is 0.251 e. The van der Waals surface area contributed by atoms with Crippen LogP contribution in [0.15, 0.2) is 18.2 Å². The van der Waals surface area contributed by atoms with Crippen molar-refractivity contribution >= 4 is 29.9 Å². The SMILES string of the molecule is Cc1cc(Cl)ccc1C(=O)NC1CCNC1.Cl. The lowest BCUT2D eigenvalue weighted by Gasteiger charge is -2.12. The molecule has 0 spiro atoms. The van der Waals surface area contributed by atoms with Crippen LogP contribution in [0, 0.1) is 6.92 Å². The van der Waals surface area contributed by atoms with Crippen LogP contribution in [-0.2, 0) is 0 Å². The van der Waals surface area contributed by atoms with Gasteiger partial charge < -0.3 is 10.6 Å². The van der Waals surface area contributed by atoms with Crippen LogP contribution in [0.5, 0.6) is 0 Å². The van der Waals surface area contributed by atoms with E-state index in [-0.39, 0.29) is 24.4 Å². The summed E-state index contributed by atoms with van der Waals surface area (Å²) in [7, 11) is 0. The number of benzene rings is 1. The molecule has 1 aliphatic heterocycles. The molecule has 1 saturated heterocycles. The molecule has 1 atom stereocenters. The first-order valence-corrected chi connectivity index (χ1v) is 5.82. The first-order chi connectivity index (χ1) is 7.66. The molecule has 1 aromatic rings. The molecule has 1 aliphatic rings. The molecule has 0 radical (unpaired) electrons. The Morgan fingerprint density at radius 1 is 1.53 bits per heavy atom. The minimum atomic E-state index is -0.0112. The molecule has 1 unspecified atom stereocenters. The molecule has 3 nitrogen and oxygen atoms in total. The summed E-state index contributed by atoms with van der Waals surface area (Å²) in [5, 5.41) is 6.89. The van der Waals surface area contributed by atoms with Gasteiger partial charge in [-0.1, -0.05) is 11.6 Å². The number of nitrogens with one attached hydrogen (secondary N) is 2. The Kier molecular flexibility index (Phi) is 5.25. The molecule has 2 N–H and O–H groups in total. The van der Waals surface area contributed by atoms with E-state index in [1.807, 2.05) is 13.0 Å². The third-order valence-corrected chi connectivity index (χ3v) is 3.06. The van der Waals surface area contributed by atoms with E-state index in [0.717, 1.165) is 25.1 Å². The maximum absolute atomic E-state index is 12.0. The van der Waals surface area contributed by atoms with Crippen molar-refractivity contribution < 1.29 is 4.79 Å². The van der Waals surface area contributed by atoms with Gasteiger partial charge >= 0.3 is 0 Å². The molecule has 0 saturated carbocycles. The van der Waals surface area contributed by atoms with Gasteiger partial charge in [-0.15, -0.1) is 12.4 Å². The van der Waals surface area contributed by atoms with Crippen molar-refractivity contribution in [2.75, 3.05) is 13.1 Å². The average Bonchev–Trinajstić information content (AvgIpc) is 2.70. The van der Waals surface area contributed by atoms with Crippen LogP contribution >= 0.6 is 24.0 Å². The van der Waals surface area contributed by atoms with Crippen LogP contribution in [0.3, 0.4) is 0 Å². The van der Waals surface area contributed by atoms with Crippen molar-refractivity contribution in [3.63, 3.8) is 0 Å². The van der Waals surface area contributed by atoms with Gasteiger partial charge in [0.2, 0.25) is 0 Å². The fourth-order valence-corrected chi connectivity index (χ4v) is 2.15. The zero-order valence-corrected chi connectivity index (χ0v) is 11.2. The lowest BCUT2D eigenvalue weighted by Crippen LogP contribution is -2.36. The molecular formula is C12H16Cl2N2O. The number of amides is 1. The Morgan fingerprint density at radius 2 is 2.29 bits per heavy atom. The standard InChI is InChI=1S/C12H15ClN2O.ClH/c1-8-6-9(13)2-3-11(8)12(16)15-10-4-5-14-7-10;/h2-3,6,10,14H,4-5,7H2,1H3,(H,15,16);1H. The minimum Gasteiger partial charge on any atom is -0.348 e. The summed E-state index contributed by atoms with van der Waals surface area (Å²) in [6, 6.07) is 5.58. The van der Waals surface area contributed by atoms with Crippen molar-refractivity contribution in [1.82, 2.24) is 10.6 Å². The highest BCUT2D eigenvalue weighted by Gasteiger charge is 2.18. The molecule has 1 fully saturated rings. The Morgan fingerprint density at radius 3 is 2.88 bits per heavy atom. The van der Waals surface area contributed by atoms with Crippen molar-refractivity contribution in [1.29, 1.82) is 0 Å². The normalized spacial score (nSPS) is 18.6. The van der Waals surface area contributed by atoms with Gasteiger partial charge in [0, 0.05) is 23.2 Å². The quantitative estimate of drug-likeness (QED) is 0.868. The van der Waals surface area contributed by atoms with Crippen LogP contribution in [0.2, 0.25) is 5.02 Å². The second-order valence-electron chi connectivity index (χ2n) is 4.12. The third-order valence-electron chi connectivity index (χ3n) is 2.83. The molecule has 0 aliphatic carbocycles. The smallest absolute Gasteiger partial charge is 0.251 e. The topological polar surface area (TPSA) is 41.1 Å². The second-order valence-corrected chi connectivity index (χ2v) is 4.56. The van der Waals surface area contributed by atoms with E-state index in [0.29, 0.717) is 10.6 Å². The summed E-state index contributed by atoms with van der Waals surface area (Å²) in [6.07, 6.45) is 0.998. The van der Waals surface area contributed by atoms with Gasteiger partial charge in [0.15, 0.2) is 0 Å². The number of halogens is 2. The van der Waals surface area contributed by atoms with Crippen LogP contribution in [0.25, 0.3) is 0 Å². The van der Waals surface area contributed by atoms with E-state index in [2.05, 4.69) is 10.6 Å². The first-order valence-electron chi connectivity index (χ1n) is 5.44. The minimum absolute atomic E-state index is 0. The molecule has 1 amide bonds. The maximum atomic E-state index is 12.0. The first kappa shape index (κ1) is 14.3. The third kappa shape index (κ3) is 3.60. The molecule has 0 bridgehead atoms. The van der Waals surface area contributed by atoms with Crippen LogP contribution < -0.4 is 10.6 Å². The Labute approximate surface area is 112 Å². The van der Waals surface area contributed by atoms with E-state index < -0.39 is 0 Å². The number of hydrogen-bond donors (Lipinski definition) is 2. The fraction of sp³-hybridized carbons (Fsp3) is 0.417. The Bertz CT molecular complexity index is 403. The molecule has 0 aromatic heterocycles. The zero-order chi connectivity index (χ0) is 11.5. The summed E-state index contributed by atoms with van der Waals surface area (Å²) in [5.74, 6) is -0.0112. The molecule has 1 aromatic carbocycles. The van der Waals surface area contributed by atoms with E-state index >= 15 is 0 Å². The summed E-state index contributed by atoms with van der Waals surface area (Å²) in [5.41, 5.74) is 1.62. The van der Waals surface area contributed by atoms with E-state index in [1.54, 1.807) is 12.1 Å². The Hall–Kier alpha value is -0.770. The molecule has 17 heavy (non-hydrogen) atoms. The predicted octanol–water partition coefficient (Wildman–Crippen LogP) is 2.16. The second kappa shape index (κ2) is 6.24. The molecular weight excluding hydrogens is 259 g/mol. The highest BCUT2D eigenvalue weighted by molar-refractivity contribution is 6.30. The van der Waals surface area contributed by atoms with Gasteiger partial charge in [0.25, 0.3) is 5.91 Å². The van der Waals surface area contributed by atoms with E-state index in [1.165, 1.54) is 0 Å². The number of hydrogen-bond acceptors (Lipinski definition) is 2. The summed E-state index contributed by atoms with van der Waals surface area (Å²) in [6.45, 7) is 3.73. The van der Waals surface area contributed by atoms with Crippen LogP contribution in [0.1, 0.15) is 22.3 Å². The number of carbonyl (C=O) groups is 1. The van der Waals surface area contributed by atoms with Gasteiger partial charge in [-0.3, -0.25) is 4.79 Å². The highest BCUT2D eigenvalue weighted by atomic mass is 35.5. The highest BCUT2D eigenvalue weighted by Crippen LogP contribution is 2.15. The lowest BCUT2D eigenvalue weighted by atomic mass is 10.1. The monoisotopic (exact) mass is 274 g/mol. The van der Waals surface area contributed by atoms with Gasteiger partial charge in [-0.05, 0) is 43.7 Å². The number of carbonyl (C=O) groups excluding carboxylic acids is 1. The van der Waals surface area contributed by atoms with Crippen molar-refractivity contribution in [3.05, 3.63) is 34.3 Å². The summed E-state index contributed by atoms with van der Waals surface area (Å²) >= 11 is 5.85. The summed E-state index contributed by atoms with van der Waals surface area (Å²) < 4.78 is 0. The van der Waals surface area contributed by atoms with Gasteiger partial charge in [0.05, 0.1) is 0 Å². The fourth-order valence-electron chi connectivity index (χ4n) is 1.92. The molecule has 1 heterocycles. The van der Waals surface area contributed by atoms with Crippen molar-refractivity contribution in [3.8, 4) is 0 Å². The molecule has 2 rings (SSSR count). The average molecular weight is 275 g/mol. The predicted molar refractivity (Wildman–Crippen MR) is 72.2 cm³/mol. The van der Waals surface area contributed by atoms with Gasteiger partial charge in [-0.2, -0.15) is 0 Å². The largest absolute Gasteiger partial charge is 0.348 e. The van der Waals surface area contributed by atoms with Crippen LogP contribution in [-0.4, -0.2) is 25.0 Å². The molecule has 94 valence electrons. The Balaban J connectivity index is 0.00000144. The number of aryl methyl sites for hydroxylation is 1. The van der Waals surface area contributed by atoms with Gasteiger partial charge in [-0.25, -0.2) is 0 Å².